The van der Waals surface area contributed by atoms with Gasteiger partial charge >= 0.3 is 6.03 Å². The number of hydrogen-bond acceptors (Lipinski definition) is 5. The lowest BCUT2D eigenvalue weighted by Gasteiger charge is -2.18. The minimum absolute atomic E-state index is 0.264. The second-order valence-corrected chi connectivity index (χ2v) is 7.58. The van der Waals surface area contributed by atoms with Crippen molar-refractivity contribution in [1.29, 1.82) is 5.26 Å². The van der Waals surface area contributed by atoms with Gasteiger partial charge in [0, 0.05) is 12.7 Å². The summed E-state index contributed by atoms with van der Waals surface area (Å²) in [4.78, 5) is 18.3. The smallest absolute Gasteiger partial charge is 0.327 e. The number of nitrogens with one attached hydrogen (secondary N) is 1. The van der Waals surface area contributed by atoms with Gasteiger partial charge in [-0.3, -0.25) is 10.2 Å². The molecule has 0 atom stereocenters. The Balaban J connectivity index is 1.41. The van der Waals surface area contributed by atoms with Crippen LogP contribution in [0.2, 0.25) is 0 Å². The Morgan fingerprint density at radius 3 is 2.89 bits per heavy atom. The maximum Gasteiger partial charge on any atom is 0.327 e. The summed E-state index contributed by atoms with van der Waals surface area (Å²) in [5.74, 6) is 1.18. The first-order chi connectivity index (χ1) is 13.6. The number of nitrogens with zero attached hydrogens (tertiary/aromatic N) is 3. The second kappa shape index (κ2) is 7.71. The van der Waals surface area contributed by atoms with Crippen molar-refractivity contribution >= 4 is 28.2 Å². The fourth-order valence-electron chi connectivity index (χ4n) is 2.81. The molecule has 1 aromatic heterocycles. The fourth-order valence-corrected chi connectivity index (χ4v) is 3.48. The molecule has 3 aromatic rings. The predicted octanol–water partition coefficient (Wildman–Crippen LogP) is 5.35. The molecule has 2 aromatic carbocycles. The molecule has 28 heavy (non-hydrogen) atoms. The third-order valence-electron chi connectivity index (χ3n) is 4.49. The van der Waals surface area contributed by atoms with Gasteiger partial charge in [-0.1, -0.05) is 29.5 Å². The van der Waals surface area contributed by atoms with Gasteiger partial charge in [-0.05, 0) is 54.7 Å². The molecule has 1 aliphatic rings. The highest BCUT2D eigenvalue weighted by molar-refractivity contribution is 7.17. The molecule has 0 aliphatic heterocycles. The van der Waals surface area contributed by atoms with Crippen molar-refractivity contribution in [2.45, 2.75) is 18.8 Å². The maximum atomic E-state index is 12.6. The van der Waals surface area contributed by atoms with E-state index >= 15 is 0 Å². The Labute approximate surface area is 167 Å². The molecule has 2 amide bonds. The normalized spacial score (nSPS) is 12.9. The zero-order chi connectivity index (χ0) is 19.5. The average molecular weight is 390 g/mol. The molecule has 1 aliphatic carbocycles. The third-order valence-corrected chi connectivity index (χ3v) is 5.28. The van der Waals surface area contributed by atoms with Crippen molar-refractivity contribution < 1.29 is 9.53 Å². The topological polar surface area (TPSA) is 78.2 Å². The minimum atomic E-state index is -0.264. The monoisotopic (exact) mass is 390 g/mol. The zero-order valence-corrected chi connectivity index (χ0v) is 16.1. The van der Waals surface area contributed by atoms with Crippen molar-refractivity contribution in [2.75, 3.05) is 17.3 Å². The highest BCUT2D eigenvalue weighted by Gasteiger charge is 2.24. The van der Waals surface area contributed by atoms with E-state index in [2.05, 4.69) is 28.5 Å². The van der Waals surface area contributed by atoms with Crippen LogP contribution in [0.4, 0.5) is 15.6 Å². The molecule has 1 heterocycles. The molecule has 140 valence electrons. The molecular weight excluding hydrogens is 372 g/mol. The van der Waals surface area contributed by atoms with Gasteiger partial charge in [0.1, 0.15) is 5.75 Å². The molecule has 0 bridgehead atoms. The number of nitriles is 1. The van der Waals surface area contributed by atoms with Crippen LogP contribution < -0.4 is 15.0 Å². The summed E-state index contributed by atoms with van der Waals surface area (Å²) in [6.07, 6.45) is 3.99. The minimum Gasteiger partial charge on any atom is -0.445 e. The van der Waals surface area contributed by atoms with Gasteiger partial charge in [0.15, 0.2) is 5.13 Å². The first-order valence-corrected chi connectivity index (χ1v) is 9.72. The van der Waals surface area contributed by atoms with E-state index in [9.17, 15) is 4.79 Å². The molecule has 1 saturated carbocycles. The lowest BCUT2D eigenvalue weighted by atomic mass is 10.1. The number of ether oxygens (including phenoxy) is 1. The number of carbonyl (C=O) groups is 1. The molecule has 7 heteroatoms. The van der Waals surface area contributed by atoms with E-state index in [4.69, 9.17) is 10.00 Å². The van der Waals surface area contributed by atoms with Crippen molar-refractivity contribution in [3.05, 3.63) is 65.9 Å². The number of thiazole rings is 1. The number of urea groups is 1. The lowest BCUT2D eigenvalue weighted by molar-refractivity contribution is 0.258. The SMILES string of the molecule is CN(C(=O)Nc1ncc(Oc2cccc(C#N)c2)s1)c1cccc(C2CC2)c1. The predicted molar refractivity (Wildman–Crippen MR) is 109 cm³/mol. The van der Waals surface area contributed by atoms with Gasteiger partial charge in [-0.15, -0.1) is 0 Å². The van der Waals surface area contributed by atoms with Crippen LogP contribution in [-0.4, -0.2) is 18.1 Å². The number of aromatic nitrogens is 1. The average Bonchev–Trinajstić information content (AvgIpc) is 3.49. The van der Waals surface area contributed by atoms with Crippen LogP contribution in [-0.2, 0) is 0 Å². The van der Waals surface area contributed by atoms with Crippen LogP contribution in [0, 0.1) is 11.3 Å². The highest BCUT2D eigenvalue weighted by Crippen LogP contribution is 2.41. The van der Waals surface area contributed by atoms with Gasteiger partial charge in [0.2, 0.25) is 5.06 Å². The van der Waals surface area contributed by atoms with Crippen LogP contribution in [0.3, 0.4) is 0 Å². The molecule has 0 spiro atoms. The Bertz CT molecular complexity index is 1050. The number of anilines is 2. The van der Waals surface area contributed by atoms with Gasteiger partial charge in [0.25, 0.3) is 0 Å². The lowest BCUT2D eigenvalue weighted by Crippen LogP contribution is -2.31. The summed E-state index contributed by atoms with van der Waals surface area (Å²) in [7, 11) is 1.74. The molecule has 0 unspecified atom stereocenters. The van der Waals surface area contributed by atoms with Gasteiger partial charge in [-0.2, -0.15) is 5.26 Å². The van der Waals surface area contributed by atoms with Gasteiger partial charge in [-0.25, -0.2) is 9.78 Å². The number of benzene rings is 2. The summed E-state index contributed by atoms with van der Waals surface area (Å²) >= 11 is 1.23. The van der Waals surface area contributed by atoms with Crippen LogP contribution in [0.15, 0.2) is 54.7 Å². The highest BCUT2D eigenvalue weighted by atomic mass is 32.1. The zero-order valence-electron chi connectivity index (χ0n) is 15.3. The van der Waals surface area contributed by atoms with Crippen molar-refractivity contribution in [2.24, 2.45) is 0 Å². The number of carbonyl (C=O) groups excluding carboxylic acids is 1. The molecule has 0 radical (unpaired) electrons. The summed E-state index contributed by atoms with van der Waals surface area (Å²) in [5.41, 5.74) is 2.65. The molecule has 1 N–H and O–H groups in total. The third kappa shape index (κ3) is 4.13. The van der Waals surface area contributed by atoms with Crippen LogP contribution in [0.1, 0.15) is 29.9 Å². The number of hydrogen-bond donors (Lipinski definition) is 1. The van der Waals surface area contributed by atoms with Crippen LogP contribution in [0.25, 0.3) is 0 Å². The van der Waals surface area contributed by atoms with Crippen molar-refractivity contribution in [1.82, 2.24) is 4.98 Å². The Kier molecular flexibility index (Phi) is 4.96. The first-order valence-electron chi connectivity index (χ1n) is 8.91. The summed E-state index contributed by atoms with van der Waals surface area (Å²) in [6.45, 7) is 0. The Morgan fingerprint density at radius 2 is 2.11 bits per heavy atom. The molecule has 0 saturated heterocycles. The van der Waals surface area contributed by atoms with E-state index in [1.807, 2.05) is 12.1 Å². The number of amides is 2. The van der Waals surface area contributed by atoms with Gasteiger partial charge < -0.3 is 4.74 Å². The summed E-state index contributed by atoms with van der Waals surface area (Å²) < 4.78 is 5.72. The second-order valence-electron chi connectivity index (χ2n) is 6.58. The van der Waals surface area contributed by atoms with Crippen molar-refractivity contribution in [3.63, 3.8) is 0 Å². The summed E-state index contributed by atoms with van der Waals surface area (Å²) in [6, 6.07) is 16.8. The molecule has 4 rings (SSSR count). The van der Waals surface area contributed by atoms with E-state index in [-0.39, 0.29) is 6.03 Å². The van der Waals surface area contributed by atoms with Crippen LogP contribution in [0.5, 0.6) is 10.8 Å². The fraction of sp³-hybridized carbons (Fsp3) is 0.190. The van der Waals surface area contributed by atoms with E-state index < -0.39 is 0 Å². The largest absolute Gasteiger partial charge is 0.445 e. The van der Waals surface area contributed by atoms with Crippen LogP contribution >= 0.6 is 11.3 Å². The maximum absolute atomic E-state index is 12.6. The quantitative estimate of drug-likeness (QED) is 0.637. The van der Waals surface area contributed by atoms with E-state index in [1.165, 1.54) is 29.7 Å². The Hall–Kier alpha value is -3.37. The van der Waals surface area contributed by atoms with E-state index in [0.29, 0.717) is 27.4 Å². The Morgan fingerprint density at radius 1 is 1.29 bits per heavy atom. The molecule has 6 nitrogen and oxygen atoms in total. The molecular formula is C21H18N4O2S. The van der Waals surface area contributed by atoms with Gasteiger partial charge in [0.05, 0.1) is 17.8 Å². The number of rotatable bonds is 5. The van der Waals surface area contributed by atoms with E-state index in [0.717, 1.165) is 5.69 Å². The van der Waals surface area contributed by atoms with E-state index in [1.54, 1.807) is 42.4 Å². The summed E-state index contributed by atoms with van der Waals surface area (Å²) in [5, 5.41) is 12.7. The van der Waals surface area contributed by atoms with Crippen molar-refractivity contribution in [3.8, 4) is 16.9 Å². The standard InChI is InChI=1S/C21H18N4O2S/c1-25(17-6-3-5-16(11-17)15-8-9-15)21(26)24-20-23-13-19(28-20)27-18-7-2-4-14(10-18)12-22/h2-7,10-11,13,15H,8-9H2,1H3,(H,23,24,26). The first kappa shape index (κ1) is 18.0. The molecule has 1 fully saturated rings.